The van der Waals surface area contributed by atoms with Gasteiger partial charge in [-0.05, 0) is 24.5 Å². The number of aliphatic hydroxyl groups excluding tert-OH is 1. The molecule has 1 aliphatic rings. The summed E-state index contributed by atoms with van der Waals surface area (Å²) in [5.41, 5.74) is 0.941. The van der Waals surface area contributed by atoms with Crippen molar-refractivity contribution in [3.05, 3.63) is 17.7 Å². The van der Waals surface area contributed by atoms with Crippen LogP contribution < -0.4 is 14.2 Å². The summed E-state index contributed by atoms with van der Waals surface area (Å²) in [7, 11) is 4.70. The predicted molar refractivity (Wildman–Crippen MR) is 79.5 cm³/mol. The molecule has 6 heteroatoms. The van der Waals surface area contributed by atoms with Crippen LogP contribution in [-0.4, -0.2) is 44.6 Å². The quantitative estimate of drug-likeness (QED) is 0.806. The van der Waals surface area contributed by atoms with E-state index in [9.17, 15) is 9.90 Å². The molecule has 1 aliphatic heterocycles. The molecule has 22 heavy (non-hydrogen) atoms. The minimum Gasteiger partial charge on any atom is -0.493 e. The Balaban J connectivity index is 2.11. The van der Waals surface area contributed by atoms with Crippen molar-refractivity contribution in [2.24, 2.45) is 0 Å². The first-order valence-electron chi connectivity index (χ1n) is 7.24. The molecular weight excluding hydrogens is 288 g/mol. The van der Waals surface area contributed by atoms with Crippen LogP contribution in [0.3, 0.4) is 0 Å². The van der Waals surface area contributed by atoms with E-state index in [1.807, 2.05) is 12.1 Å². The maximum Gasteiger partial charge on any atom is 0.308 e. The Morgan fingerprint density at radius 3 is 2.50 bits per heavy atom. The second-order valence-electron chi connectivity index (χ2n) is 5.24. The third-order valence-electron chi connectivity index (χ3n) is 3.76. The van der Waals surface area contributed by atoms with E-state index < -0.39 is 6.10 Å². The maximum absolute atomic E-state index is 11.4. The van der Waals surface area contributed by atoms with Gasteiger partial charge in [-0.2, -0.15) is 0 Å². The van der Waals surface area contributed by atoms with Crippen LogP contribution in [0.4, 0.5) is 0 Å². The van der Waals surface area contributed by atoms with Gasteiger partial charge >= 0.3 is 5.97 Å². The largest absolute Gasteiger partial charge is 0.493 e. The molecule has 1 heterocycles. The Morgan fingerprint density at radius 1 is 1.18 bits per heavy atom. The van der Waals surface area contributed by atoms with Crippen LogP contribution in [0.15, 0.2) is 12.1 Å². The lowest BCUT2D eigenvalue weighted by Crippen LogP contribution is -2.32. The van der Waals surface area contributed by atoms with Gasteiger partial charge in [0, 0.05) is 6.42 Å². The molecule has 0 spiro atoms. The summed E-state index contributed by atoms with van der Waals surface area (Å²) >= 11 is 0. The highest BCUT2D eigenvalue weighted by Crippen LogP contribution is 2.40. The van der Waals surface area contributed by atoms with Gasteiger partial charge in [-0.3, -0.25) is 4.79 Å². The lowest BCUT2D eigenvalue weighted by Gasteiger charge is -2.26. The molecule has 122 valence electrons. The number of cyclic esters (lactones) is 1. The van der Waals surface area contributed by atoms with Gasteiger partial charge in [0.15, 0.2) is 11.5 Å². The van der Waals surface area contributed by atoms with Crippen molar-refractivity contribution in [2.75, 3.05) is 21.3 Å². The number of aliphatic hydroxyl groups is 1. The molecule has 0 aliphatic carbocycles. The van der Waals surface area contributed by atoms with Gasteiger partial charge in [0.2, 0.25) is 5.75 Å². The molecule has 0 saturated carbocycles. The molecule has 0 radical (unpaired) electrons. The number of hydrogen-bond acceptors (Lipinski definition) is 6. The van der Waals surface area contributed by atoms with E-state index >= 15 is 0 Å². The van der Waals surface area contributed by atoms with Gasteiger partial charge in [0.1, 0.15) is 6.10 Å². The number of esters is 1. The van der Waals surface area contributed by atoms with Crippen LogP contribution >= 0.6 is 0 Å². The second-order valence-corrected chi connectivity index (χ2v) is 5.24. The summed E-state index contributed by atoms with van der Waals surface area (Å²) in [6.07, 6.45) is 0.938. The first kappa shape index (κ1) is 16.4. The molecule has 0 bridgehead atoms. The third kappa shape index (κ3) is 3.62. The van der Waals surface area contributed by atoms with E-state index in [1.165, 1.54) is 0 Å². The van der Waals surface area contributed by atoms with Crippen molar-refractivity contribution in [1.29, 1.82) is 0 Å². The van der Waals surface area contributed by atoms with Crippen molar-refractivity contribution in [2.45, 2.75) is 37.9 Å². The normalized spacial score (nSPS) is 21.2. The molecule has 1 fully saturated rings. The van der Waals surface area contributed by atoms with Crippen molar-refractivity contribution < 1.29 is 28.8 Å². The van der Waals surface area contributed by atoms with Crippen LogP contribution in [0.5, 0.6) is 17.2 Å². The standard InChI is InChI=1S/C16H22O6/c1-19-13-7-5-10(15(20-2)16(13)21-3)4-6-12-8-11(17)9-14(18)22-12/h5,7,11-12,17H,4,6,8-9H2,1-3H3. The van der Waals surface area contributed by atoms with Gasteiger partial charge in [0.25, 0.3) is 0 Å². The molecule has 6 nitrogen and oxygen atoms in total. The van der Waals surface area contributed by atoms with Gasteiger partial charge in [0.05, 0.1) is 33.9 Å². The molecule has 2 rings (SSSR count). The first-order valence-corrected chi connectivity index (χ1v) is 7.24. The first-order chi connectivity index (χ1) is 10.6. The van der Waals surface area contributed by atoms with Gasteiger partial charge < -0.3 is 24.1 Å². The Morgan fingerprint density at radius 2 is 1.91 bits per heavy atom. The van der Waals surface area contributed by atoms with E-state index in [4.69, 9.17) is 18.9 Å². The number of aryl methyl sites for hydroxylation is 1. The fraction of sp³-hybridized carbons (Fsp3) is 0.562. The fourth-order valence-corrected chi connectivity index (χ4v) is 2.71. The number of carbonyl (C=O) groups excluding carboxylic acids is 1. The predicted octanol–water partition coefficient (Wildman–Crippen LogP) is 1.71. The zero-order valence-electron chi connectivity index (χ0n) is 13.1. The molecule has 0 amide bonds. The second kappa shape index (κ2) is 7.35. The van der Waals surface area contributed by atoms with Crippen LogP contribution in [0.1, 0.15) is 24.8 Å². The number of rotatable bonds is 6. The van der Waals surface area contributed by atoms with Crippen LogP contribution in [0.2, 0.25) is 0 Å². The van der Waals surface area contributed by atoms with Gasteiger partial charge in [-0.15, -0.1) is 0 Å². The summed E-state index contributed by atoms with van der Waals surface area (Å²) in [6, 6.07) is 3.72. The number of ether oxygens (including phenoxy) is 4. The fourth-order valence-electron chi connectivity index (χ4n) is 2.71. The minimum atomic E-state index is -0.612. The maximum atomic E-state index is 11.4. The summed E-state index contributed by atoms with van der Waals surface area (Å²) in [5, 5.41) is 9.64. The highest BCUT2D eigenvalue weighted by molar-refractivity contribution is 5.71. The van der Waals surface area contributed by atoms with E-state index in [0.717, 1.165) is 5.56 Å². The number of hydrogen-bond donors (Lipinski definition) is 1. The molecule has 1 saturated heterocycles. The van der Waals surface area contributed by atoms with E-state index in [2.05, 4.69) is 0 Å². The molecule has 1 N–H and O–H groups in total. The SMILES string of the molecule is COc1ccc(CCC2CC(O)CC(=O)O2)c(OC)c1OC. The number of carbonyl (C=O) groups is 1. The molecule has 2 atom stereocenters. The van der Waals surface area contributed by atoms with Crippen molar-refractivity contribution in [3.63, 3.8) is 0 Å². The summed E-state index contributed by atoms with van der Waals surface area (Å²) in [4.78, 5) is 11.4. The molecule has 0 aromatic heterocycles. The summed E-state index contributed by atoms with van der Waals surface area (Å²) in [5.74, 6) is 1.42. The summed E-state index contributed by atoms with van der Waals surface area (Å²) < 4.78 is 21.3. The highest BCUT2D eigenvalue weighted by Gasteiger charge is 2.27. The molecule has 1 aromatic rings. The number of methoxy groups -OCH3 is 3. The van der Waals surface area contributed by atoms with E-state index in [-0.39, 0.29) is 18.5 Å². The van der Waals surface area contributed by atoms with E-state index in [0.29, 0.717) is 36.5 Å². The lowest BCUT2D eigenvalue weighted by molar-refractivity contribution is -0.160. The zero-order chi connectivity index (χ0) is 16.1. The van der Waals surface area contributed by atoms with Crippen molar-refractivity contribution in [3.8, 4) is 17.2 Å². The Hall–Kier alpha value is -1.95. The summed E-state index contributed by atoms with van der Waals surface area (Å²) in [6.45, 7) is 0. The Labute approximate surface area is 129 Å². The van der Waals surface area contributed by atoms with Crippen LogP contribution in [0.25, 0.3) is 0 Å². The van der Waals surface area contributed by atoms with Gasteiger partial charge in [-0.1, -0.05) is 6.07 Å². The topological polar surface area (TPSA) is 74.2 Å². The van der Waals surface area contributed by atoms with Crippen molar-refractivity contribution in [1.82, 2.24) is 0 Å². The smallest absolute Gasteiger partial charge is 0.308 e. The monoisotopic (exact) mass is 310 g/mol. The van der Waals surface area contributed by atoms with E-state index in [1.54, 1.807) is 21.3 Å². The van der Waals surface area contributed by atoms with Crippen molar-refractivity contribution >= 4 is 5.97 Å². The Bertz CT molecular complexity index is 528. The number of benzene rings is 1. The Kier molecular flexibility index (Phi) is 5.49. The van der Waals surface area contributed by atoms with Crippen LogP contribution in [0, 0.1) is 0 Å². The highest BCUT2D eigenvalue weighted by atomic mass is 16.5. The lowest BCUT2D eigenvalue weighted by atomic mass is 9.98. The zero-order valence-corrected chi connectivity index (χ0v) is 13.1. The van der Waals surface area contributed by atoms with Crippen LogP contribution in [-0.2, 0) is 16.0 Å². The molecule has 1 aromatic carbocycles. The van der Waals surface area contributed by atoms with Gasteiger partial charge in [-0.25, -0.2) is 0 Å². The minimum absolute atomic E-state index is 0.0795. The molecule has 2 unspecified atom stereocenters. The molecular formula is C16H22O6. The third-order valence-corrected chi connectivity index (χ3v) is 3.76. The average Bonchev–Trinajstić information content (AvgIpc) is 2.50. The average molecular weight is 310 g/mol.